The van der Waals surface area contributed by atoms with Gasteiger partial charge in [-0.2, -0.15) is 12.6 Å². The molecule has 1 aromatic rings. The maximum Gasteiger partial charge on any atom is 0.417 e. The molecule has 2 bridgehead atoms. The largest absolute Gasteiger partial charge is 0.443 e. The van der Waals surface area contributed by atoms with Gasteiger partial charge in [-0.15, -0.1) is 0 Å². The number of ether oxygens (including phenoxy) is 1. The molecule has 2 saturated carbocycles. The second-order valence-corrected chi connectivity index (χ2v) is 9.67. The van der Waals surface area contributed by atoms with E-state index in [2.05, 4.69) is 33.4 Å². The Kier molecular flexibility index (Phi) is 4.12. The van der Waals surface area contributed by atoms with E-state index in [0.29, 0.717) is 10.9 Å². The molecule has 0 N–H and O–H groups in total. The number of imide groups is 1. The van der Waals surface area contributed by atoms with Gasteiger partial charge in [-0.3, -0.25) is 4.79 Å². The van der Waals surface area contributed by atoms with Crippen LogP contribution in [0.2, 0.25) is 5.02 Å². The van der Waals surface area contributed by atoms with Gasteiger partial charge in [0.2, 0.25) is 5.91 Å². The van der Waals surface area contributed by atoms with Gasteiger partial charge < -0.3 is 4.74 Å². The number of benzene rings is 1. The molecule has 2 aliphatic carbocycles. The average molecular weight is 394 g/mol. The molecule has 1 aliphatic heterocycles. The molecular weight excluding hydrogens is 370 g/mol. The molecule has 3 fully saturated rings. The van der Waals surface area contributed by atoms with Crippen LogP contribution in [-0.2, 0) is 9.53 Å². The second-order valence-electron chi connectivity index (χ2n) is 8.61. The first-order valence-electron chi connectivity index (χ1n) is 9.13. The molecule has 3 aliphatic rings. The Morgan fingerprint density at radius 2 is 2.00 bits per heavy atom. The Labute approximate surface area is 164 Å². The first kappa shape index (κ1) is 18.2. The van der Waals surface area contributed by atoms with Crippen LogP contribution in [0.25, 0.3) is 0 Å². The van der Waals surface area contributed by atoms with Crippen molar-refractivity contribution in [2.75, 3.05) is 0 Å². The number of nitrogens with zero attached hydrogens (tertiary/aromatic N) is 1. The third-order valence-corrected chi connectivity index (χ3v) is 8.07. The van der Waals surface area contributed by atoms with Crippen molar-refractivity contribution < 1.29 is 14.3 Å². The first-order chi connectivity index (χ1) is 12.2. The lowest BCUT2D eigenvalue weighted by Gasteiger charge is -2.40. The molecule has 1 aromatic carbocycles. The Hall–Kier alpha value is -1.20. The second kappa shape index (κ2) is 5.90. The minimum absolute atomic E-state index is 0.0537. The van der Waals surface area contributed by atoms with Gasteiger partial charge in [0.05, 0.1) is 6.04 Å². The summed E-state index contributed by atoms with van der Waals surface area (Å²) in [7, 11) is 0. The van der Waals surface area contributed by atoms with Crippen LogP contribution in [0.5, 0.6) is 0 Å². The highest BCUT2D eigenvalue weighted by atomic mass is 35.5. The number of hydrogen-bond donors (Lipinski definition) is 1. The van der Waals surface area contributed by atoms with Crippen LogP contribution in [0.4, 0.5) is 4.79 Å². The van der Waals surface area contributed by atoms with Crippen LogP contribution in [0.15, 0.2) is 24.3 Å². The maximum absolute atomic E-state index is 13.0. The van der Waals surface area contributed by atoms with Crippen molar-refractivity contribution >= 4 is 36.2 Å². The van der Waals surface area contributed by atoms with E-state index < -0.39 is 6.09 Å². The lowest BCUT2D eigenvalue weighted by Crippen LogP contribution is -2.50. The molecule has 26 heavy (non-hydrogen) atoms. The van der Waals surface area contributed by atoms with E-state index in [0.717, 1.165) is 18.4 Å². The zero-order chi connectivity index (χ0) is 18.9. The molecule has 0 spiro atoms. The molecule has 140 valence electrons. The smallest absolute Gasteiger partial charge is 0.417 e. The number of carbonyl (C=O) groups is 2. The van der Waals surface area contributed by atoms with Crippen molar-refractivity contribution in [1.82, 2.24) is 4.90 Å². The highest BCUT2D eigenvalue weighted by Gasteiger charge is 2.72. The van der Waals surface area contributed by atoms with Crippen LogP contribution < -0.4 is 0 Å². The van der Waals surface area contributed by atoms with Gasteiger partial charge >= 0.3 is 6.09 Å². The van der Waals surface area contributed by atoms with E-state index in [4.69, 9.17) is 16.3 Å². The van der Waals surface area contributed by atoms with E-state index >= 15 is 0 Å². The van der Waals surface area contributed by atoms with Gasteiger partial charge in [0.15, 0.2) is 0 Å². The molecule has 0 unspecified atom stereocenters. The molecule has 0 radical (unpaired) electrons. The summed E-state index contributed by atoms with van der Waals surface area (Å²) < 4.78 is 5.68. The van der Waals surface area contributed by atoms with E-state index in [9.17, 15) is 9.59 Å². The predicted octanol–water partition coefficient (Wildman–Crippen LogP) is 4.87. The summed E-state index contributed by atoms with van der Waals surface area (Å²) in [6, 6.07) is 7.12. The minimum Gasteiger partial charge on any atom is -0.443 e. The number of amides is 2. The van der Waals surface area contributed by atoms with Crippen molar-refractivity contribution in [3.05, 3.63) is 34.9 Å². The van der Waals surface area contributed by atoms with Gasteiger partial charge in [0.25, 0.3) is 0 Å². The summed E-state index contributed by atoms with van der Waals surface area (Å²) >= 11 is 10.5. The molecule has 1 saturated heterocycles. The highest BCUT2D eigenvalue weighted by molar-refractivity contribution is 7.80. The number of fused-ring (bicyclic) bond motifs is 5. The molecule has 4 rings (SSSR count). The topological polar surface area (TPSA) is 46.6 Å². The number of carbonyl (C=O) groups excluding carboxylic acids is 2. The van der Waals surface area contributed by atoms with Crippen LogP contribution in [0, 0.1) is 16.7 Å². The van der Waals surface area contributed by atoms with E-state index in [1.165, 1.54) is 4.90 Å². The lowest BCUT2D eigenvalue weighted by molar-refractivity contribution is -0.131. The maximum atomic E-state index is 13.0. The summed E-state index contributed by atoms with van der Waals surface area (Å²) in [6.45, 7) is 6.69. The van der Waals surface area contributed by atoms with Crippen LogP contribution in [-0.4, -0.2) is 29.0 Å². The number of hydrogen-bond acceptors (Lipinski definition) is 4. The van der Waals surface area contributed by atoms with Crippen LogP contribution in [0.1, 0.15) is 50.8 Å². The van der Waals surface area contributed by atoms with Crippen LogP contribution >= 0.6 is 24.2 Å². The fraction of sp³-hybridized carbons (Fsp3) is 0.600. The summed E-state index contributed by atoms with van der Waals surface area (Å²) in [5.41, 5.74) is 0.865. The average Bonchev–Trinajstić information content (AvgIpc) is 3.08. The third-order valence-electron chi connectivity index (χ3n) is 7.34. The molecule has 4 nitrogen and oxygen atoms in total. The fourth-order valence-corrected chi connectivity index (χ4v) is 5.89. The zero-order valence-corrected chi connectivity index (χ0v) is 16.9. The minimum atomic E-state index is -0.490. The number of rotatable bonds is 3. The molecular formula is C20H24ClNO3S. The van der Waals surface area contributed by atoms with Crippen molar-refractivity contribution in [2.45, 2.75) is 57.4 Å². The summed E-state index contributed by atoms with van der Waals surface area (Å²) in [5, 5.41) is 0.356. The van der Waals surface area contributed by atoms with Gasteiger partial charge in [0, 0.05) is 22.6 Å². The van der Waals surface area contributed by atoms with Crippen molar-refractivity contribution in [3.8, 4) is 0 Å². The normalized spacial score (nSPS) is 35.3. The van der Waals surface area contributed by atoms with Gasteiger partial charge in [0.1, 0.15) is 6.10 Å². The monoisotopic (exact) mass is 393 g/mol. The summed E-state index contributed by atoms with van der Waals surface area (Å²) in [6.07, 6.45) is 1.57. The third kappa shape index (κ3) is 2.36. The SMILES string of the molecule is CC1(C)[C@@H]2CC[C@@]1(C)[C@H]1[C@@H]2OC(=O)N1C(=O)C[C@H](S)c1ccc(Cl)cc1. The van der Waals surface area contributed by atoms with Crippen molar-refractivity contribution in [3.63, 3.8) is 0 Å². The van der Waals surface area contributed by atoms with Crippen molar-refractivity contribution in [1.29, 1.82) is 0 Å². The quantitative estimate of drug-likeness (QED) is 0.745. The van der Waals surface area contributed by atoms with E-state index in [1.54, 1.807) is 12.1 Å². The van der Waals surface area contributed by atoms with Crippen molar-refractivity contribution in [2.24, 2.45) is 16.7 Å². The standard InChI is InChI=1S/C20H24ClNO3S/c1-19(2)13-8-9-20(19,3)17-16(13)25-18(24)22(17)15(23)10-14(26)11-4-6-12(21)7-5-11/h4-7,13-14,16-17,26H,8-10H2,1-3H3/t13-,14+,16-,17-,20+/m1/s1. The highest BCUT2D eigenvalue weighted by Crippen LogP contribution is 2.68. The Bertz CT molecular complexity index is 765. The Morgan fingerprint density at radius 1 is 1.35 bits per heavy atom. The van der Waals surface area contributed by atoms with Gasteiger partial charge in [-0.1, -0.05) is 44.5 Å². The summed E-state index contributed by atoms with van der Waals surface area (Å²) in [4.78, 5) is 26.9. The molecule has 5 atom stereocenters. The van der Waals surface area contributed by atoms with E-state index in [1.807, 2.05) is 12.1 Å². The first-order valence-corrected chi connectivity index (χ1v) is 10.0. The van der Waals surface area contributed by atoms with Gasteiger partial charge in [-0.25, -0.2) is 9.69 Å². The van der Waals surface area contributed by atoms with Crippen LogP contribution in [0.3, 0.4) is 0 Å². The number of halogens is 1. The Balaban J connectivity index is 1.56. The molecule has 0 aromatic heterocycles. The van der Waals surface area contributed by atoms with Gasteiger partial charge in [-0.05, 0) is 41.4 Å². The van der Waals surface area contributed by atoms with E-state index in [-0.39, 0.29) is 40.6 Å². The lowest BCUT2D eigenvalue weighted by atomic mass is 9.69. The zero-order valence-electron chi connectivity index (χ0n) is 15.2. The Morgan fingerprint density at radius 3 is 2.65 bits per heavy atom. The summed E-state index contributed by atoms with van der Waals surface area (Å²) in [5.74, 6) is 0.115. The molecule has 2 amide bonds. The molecule has 1 heterocycles. The molecule has 6 heteroatoms. The predicted molar refractivity (Wildman–Crippen MR) is 103 cm³/mol. The fourth-order valence-electron chi connectivity index (χ4n) is 5.44. The number of thiol groups is 1.